The largest absolute Gasteiger partial charge is 0.393 e. The summed E-state index contributed by atoms with van der Waals surface area (Å²) < 4.78 is 0. The quantitative estimate of drug-likeness (QED) is 0.508. The molecule has 1 heteroatoms. The summed E-state index contributed by atoms with van der Waals surface area (Å²) in [7, 11) is 0. The molecule has 4 rings (SSSR count). The molecule has 0 bridgehead atoms. The van der Waals surface area contributed by atoms with Gasteiger partial charge in [0.25, 0.3) is 0 Å². The fraction of sp³-hybridized carbons (Fsp3) is 0.778. The van der Waals surface area contributed by atoms with Gasteiger partial charge in [0.05, 0.1) is 6.10 Å². The molecule has 7 atom stereocenters. The van der Waals surface area contributed by atoms with Gasteiger partial charge in [0.1, 0.15) is 0 Å². The van der Waals surface area contributed by atoms with Crippen molar-refractivity contribution in [3.8, 4) is 0 Å². The second-order valence-electron chi connectivity index (χ2n) is 11.3. The van der Waals surface area contributed by atoms with E-state index in [2.05, 4.69) is 46.4 Å². The van der Waals surface area contributed by atoms with E-state index in [1.54, 1.807) is 5.57 Å². The van der Waals surface area contributed by atoms with E-state index >= 15 is 0 Å². The Bertz CT molecular complexity index is 680. The van der Waals surface area contributed by atoms with Gasteiger partial charge < -0.3 is 5.11 Å². The molecule has 0 amide bonds. The highest BCUT2D eigenvalue weighted by Crippen LogP contribution is 2.67. The van der Waals surface area contributed by atoms with Crippen molar-refractivity contribution < 1.29 is 5.11 Å². The molecule has 3 fully saturated rings. The van der Waals surface area contributed by atoms with E-state index in [0.29, 0.717) is 10.8 Å². The number of fused-ring (bicyclic) bond motifs is 5. The summed E-state index contributed by atoms with van der Waals surface area (Å²) in [5.74, 6) is 3.31. The van der Waals surface area contributed by atoms with Gasteiger partial charge in [0.15, 0.2) is 0 Å². The van der Waals surface area contributed by atoms with Crippen LogP contribution in [0.25, 0.3) is 0 Å². The maximum absolute atomic E-state index is 10.2. The fourth-order valence-electron chi connectivity index (χ4n) is 8.03. The van der Waals surface area contributed by atoms with Crippen molar-refractivity contribution in [3.63, 3.8) is 0 Å². The Kier molecular flexibility index (Phi) is 5.45. The highest BCUT2D eigenvalue weighted by Gasteiger charge is 2.58. The van der Waals surface area contributed by atoms with Crippen LogP contribution in [0.2, 0.25) is 0 Å². The van der Waals surface area contributed by atoms with Crippen molar-refractivity contribution in [3.05, 3.63) is 35.5 Å². The molecule has 1 N–H and O–H groups in total. The Hall–Kier alpha value is -0.820. The van der Waals surface area contributed by atoms with Crippen LogP contribution in [0.5, 0.6) is 0 Å². The molecular formula is C27H42O. The van der Waals surface area contributed by atoms with Crippen LogP contribution in [0, 0.1) is 34.5 Å². The molecule has 156 valence electrons. The van der Waals surface area contributed by atoms with Gasteiger partial charge in [-0.2, -0.15) is 0 Å². The number of rotatable bonds is 4. The molecule has 28 heavy (non-hydrogen) atoms. The lowest BCUT2D eigenvalue weighted by atomic mass is 9.47. The maximum Gasteiger partial charge on any atom is 0.0577 e. The van der Waals surface area contributed by atoms with Gasteiger partial charge in [-0.3, -0.25) is 0 Å². The van der Waals surface area contributed by atoms with E-state index in [-0.39, 0.29) is 6.10 Å². The van der Waals surface area contributed by atoms with Crippen molar-refractivity contribution in [2.75, 3.05) is 0 Å². The Morgan fingerprint density at radius 2 is 1.93 bits per heavy atom. The summed E-state index contributed by atoms with van der Waals surface area (Å²) in [4.78, 5) is 0. The molecular weight excluding hydrogens is 340 g/mol. The molecule has 4 aliphatic carbocycles. The average Bonchev–Trinajstić information content (AvgIpc) is 2.99. The van der Waals surface area contributed by atoms with Crippen LogP contribution in [0.1, 0.15) is 91.9 Å². The third-order valence-corrected chi connectivity index (χ3v) is 9.59. The molecule has 0 aromatic rings. The third kappa shape index (κ3) is 3.26. The molecule has 0 saturated heterocycles. The molecule has 4 aliphatic rings. The van der Waals surface area contributed by atoms with Crippen molar-refractivity contribution in [1.82, 2.24) is 0 Å². The number of hydrogen-bond donors (Lipinski definition) is 1. The minimum Gasteiger partial charge on any atom is -0.393 e. The minimum absolute atomic E-state index is 0.0928. The van der Waals surface area contributed by atoms with Crippen molar-refractivity contribution in [2.24, 2.45) is 34.5 Å². The highest BCUT2D eigenvalue weighted by atomic mass is 16.3. The number of aliphatic hydroxyl groups is 1. The lowest BCUT2D eigenvalue weighted by Crippen LogP contribution is -2.50. The van der Waals surface area contributed by atoms with Crippen LogP contribution in [-0.2, 0) is 0 Å². The van der Waals surface area contributed by atoms with Gasteiger partial charge in [-0.1, -0.05) is 49.3 Å². The van der Waals surface area contributed by atoms with Gasteiger partial charge in [-0.15, -0.1) is 0 Å². The van der Waals surface area contributed by atoms with Gasteiger partial charge in [-0.25, -0.2) is 0 Å². The lowest BCUT2D eigenvalue weighted by molar-refractivity contribution is -0.0456. The van der Waals surface area contributed by atoms with Crippen LogP contribution in [0.3, 0.4) is 0 Å². The maximum atomic E-state index is 10.2. The molecule has 0 heterocycles. The highest BCUT2D eigenvalue weighted by molar-refractivity contribution is 5.26. The summed E-state index contributed by atoms with van der Waals surface area (Å²) >= 11 is 0. The van der Waals surface area contributed by atoms with Crippen LogP contribution >= 0.6 is 0 Å². The Morgan fingerprint density at radius 1 is 1.14 bits per heavy atom. The molecule has 0 radical (unpaired) electrons. The Morgan fingerprint density at radius 3 is 2.68 bits per heavy atom. The van der Waals surface area contributed by atoms with Crippen molar-refractivity contribution in [2.45, 2.75) is 98.0 Å². The lowest BCUT2D eigenvalue weighted by Gasteiger charge is -2.58. The number of aliphatic hydroxyl groups excluding tert-OH is 1. The minimum atomic E-state index is -0.0928. The van der Waals surface area contributed by atoms with Crippen LogP contribution < -0.4 is 0 Å². The number of hydrogen-bond acceptors (Lipinski definition) is 1. The predicted molar refractivity (Wildman–Crippen MR) is 119 cm³/mol. The van der Waals surface area contributed by atoms with Crippen molar-refractivity contribution in [1.29, 1.82) is 0 Å². The van der Waals surface area contributed by atoms with Crippen molar-refractivity contribution >= 4 is 0 Å². The van der Waals surface area contributed by atoms with Gasteiger partial charge in [-0.05, 0) is 113 Å². The zero-order valence-corrected chi connectivity index (χ0v) is 18.8. The molecule has 4 unspecified atom stereocenters. The zero-order chi connectivity index (χ0) is 20.1. The van der Waals surface area contributed by atoms with Crippen LogP contribution in [0.15, 0.2) is 35.5 Å². The fourth-order valence-corrected chi connectivity index (χ4v) is 8.03. The Labute approximate surface area is 173 Å². The monoisotopic (exact) mass is 382 g/mol. The van der Waals surface area contributed by atoms with Gasteiger partial charge >= 0.3 is 0 Å². The number of allylic oxidation sites excluding steroid dienone is 4. The molecule has 0 spiro atoms. The van der Waals surface area contributed by atoms with Gasteiger partial charge in [0.2, 0.25) is 0 Å². The summed E-state index contributed by atoms with van der Waals surface area (Å²) in [6, 6.07) is 0. The second-order valence-corrected chi connectivity index (χ2v) is 11.3. The summed E-state index contributed by atoms with van der Waals surface area (Å²) in [6.45, 7) is 14.1. The molecule has 0 aromatic carbocycles. The van der Waals surface area contributed by atoms with E-state index < -0.39 is 0 Å². The smallest absolute Gasteiger partial charge is 0.0577 e. The van der Waals surface area contributed by atoms with E-state index in [1.807, 2.05) is 0 Å². The molecule has 1 nitrogen and oxygen atoms in total. The zero-order valence-electron chi connectivity index (χ0n) is 18.8. The summed E-state index contributed by atoms with van der Waals surface area (Å²) in [5.41, 5.74) is 5.39. The SMILES string of the molecule is C=C(CCC=C(C)C)C1CCC2C3CC=C4C[C@@H](O)CC[C@]4(C)C3CC[C@]12C. The summed E-state index contributed by atoms with van der Waals surface area (Å²) in [5, 5.41) is 10.2. The van der Waals surface area contributed by atoms with E-state index in [9.17, 15) is 5.11 Å². The molecule has 3 saturated carbocycles. The summed E-state index contributed by atoms with van der Waals surface area (Å²) in [6.07, 6.45) is 17.1. The van der Waals surface area contributed by atoms with Crippen LogP contribution in [0.4, 0.5) is 0 Å². The first-order valence-electron chi connectivity index (χ1n) is 11.9. The van der Waals surface area contributed by atoms with Gasteiger partial charge in [0, 0.05) is 0 Å². The molecule has 0 aliphatic heterocycles. The second kappa shape index (κ2) is 7.46. The van der Waals surface area contributed by atoms with Crippen LogP contribution in [-0.4, -0.2) is 11.2 Å². The third-order valence-electron chi connectivity index (χ3n) is 9.59. The molecule has 0 aromatic heterocycles. The standard InChI is InChI=1S/C27H42O/c1-18(2)7-6-8-19(3)23-11-12-24-22-10-9-20-17-21(28)13-15-26(20,4)25(22)14-16-27(23,24)5/h7,9,21-25,28H,3,6,8,10-17H2,1-2,4-5H3/t21-,22?,23?,24?,25?,26-,27+/m0/s1. The van der Waals surface area contributed by atoms with E-state index in [4.69, 9.17) is 0 Å². The van der Waals surface area contributed by atoms with E-state index in [0.717, 1.165) is 42.9 Å². The topological polar surface area (TPSA) is 20.2 Å². The first kappa shape index (κ1) is 20.5. The first-order valence-corrected chi connectivity index (χ1v) is 11.9. The first-order chi connectivity index (χ1) is 13.3. The predicted octanol–water partition coefficient (Wildman–Crippen LogP) is 7.23. The normalized spacial score (nSPS) is 44.8. The Balaban J connectivity index is 1.52. The van der Waals surface area contributed by atoms with E-state index in [1.165, 1.54) is 56.1 Å². The average molecular weight is 383 g/mol.